The summed E-state index contributed by atoms with van der Waals surface area (Å²) in [6, 6.07) is 0.111. The Labute approximate surface area is 85.4 Å². The quantitative estimate of drug-likeness (QED) is 0.713. The Morgan fingerprint density at radius 1 is 1.71 bits per heavy atom. The first-order valence-electron chi connectivity index (χ1n) is 5.19. The first-order valence-corrected chi connectivity index (χ1v) is 5.19. The second kappa shape index (κ2) is 5.32. The van der Waals surface area contributed by atoms with Crippen molar-refractivity contribution in [2.45, 2.75) is 38.3 Å². The third kappa shape index (κ3) is 3.27. The molecule has 1 aliphatic heterocycles. The van der Waals surface area contributed by atoms with Gasteiger partial charge in [0.1, 0.15) is 0 Å². The number of likely N-dealkylation sites (tertiary alicyclic amines) is 1. The van der Waals surface area contributed by atoms with Gasteiger partial charge in [-0.15, -0.1) is 0 Å². The molecule has 82 valence electrons. The van der Waals surface area contributed by atoms with Crippen LogP contribution in [0.1, 0.15) is 26.2 Å². The van der Waals surface area contributed by atoms with Crippen LogP contribution in [0.4, 0.5) is 0 Å². The van der Waals surface area contributed by atoms with Crippen LogP contribution in [0, 0.1) is 0 Å². The molecule has 0 aromatic rings. The predicted octanol–water partition coefficient (Wildman–Crippen LogP) is 0.361. The molecule has 14 heavy (non-hydrogen) atoms. The summed E-state index contributed by atoms with van der Waals surface area (Å²) in [6.45, 7) is 3.50. The molecule has 0 bridgehead atoms. The smallest absolute Gasteiger partial charge is 0.222 e. The van der Waals surface area contributed by atoms with E-state index >= 15 is 0 Å². The summed E-state index contributed by atoms with van der Waals surface area (Å²) in [6.07, 6.45) is 2.52. The maximum atomic E-state index is 11.6. The molecule has 1 amide bonds. The average molecular weight is 200 g/mol. The van der Waals surface area contributed by atoms with Gasteiger partial charge in [-0.2, -0.15) is 0 Å². The van der Waals surface area contributed by atoms with E-state index in [0.717, 1.165) is 25.9 Å². The normalized spacial score (nSPS) is 23.9. The van der Waals surface area contributed by atoms with E-state index in [2.05, 4.69) is 0 Å². The van der Waals surface area contributed by atoms with Gasteiger partial charge in [-0.25, -0.2) is 0 Å². The maximum Gasteiger partial charge on any atom is 0.222 e. The number of carbonyl (C=O) groups is 1. The fourth-order valence-electron chi connectivity index (χ4n) is 1.66. The molecule has 0 aliphatic carbocycles. The van der Waals surface area contributed by atoms with E-state index in [4.69, 9.17) is 10.5 Å². The zero-order valence-electron chi connectivity index (χ0n) is 9.03. The summed E-state index contributed by atoms with van der Waals surface area (Å²) in [5.74, 6) is 0.210. The zero-order valence-corrected chi connectivity index (χ0v) is 9.03. The zero-order chi connectivity index (χ0) is 10.6. The van der Waals surface area contributed by atoms with Crippen molar-refractivity contribution in [3.8, 4) is 0 Å². The number of nitrogens with zero attached hydrogens (tertiary/aromatic N) is 1. The number of hydrogen-bond acceptors (Lipinski definition) is 3. The predicted molar refractivity (Wildman–Crippen MR) is 54.9 cm³/mol. The lowest BCUT2D eigenvalue weighted by Gasteiger charge is -2.16. The molecular formula is C10H20N2O2. The molecule has 1 fully saturated rings. The summed E-state index contributed by atoms with van der Waals surface area (Å²) in [5, 5.41) is 0. The Morgan fingerprint density at radius 2 is 2.43 bits per heavy atom. The Morgan fingerprint density at radius 3 is 2.93 bits per heavy atom. The number of nitrogens with two attached hydrogens (primary N) is 1. The van der Waals surface area contributed by atoms with Crippen LogP contribution in [0.2, 0.25) is 0 Å². The van der Waals surface area contributed by atoms with Gasteiger partial charge < -0.3 is 15.4 Å². The van der Waals surface area contributed by atoms with Crippen molar-refractivity contribution >= 4 is 5.91 Å². The van der Waals surface area contributed by atoms with Crippen molar-refractivity contribution in [3.05, 3.63) is 0 Å². The molecule has 0 aromatic carbocycles. The number of amides is 1. The van der Waals surface area contributed by atoms with E-state index in [1.807, 2.05) is 11.8 Å². The monoisotopic (exact) mass is 200 g/mol. The molecule has 1 heterocycles. The van der Waals surface area contributed by atoms with Crippen molar-refractivity contribution in [2.24, 2.45) is 5.73 Å². The summed E-state index contributed by atoms with van der Waals surface area (Å²) in [7, 11) is 1.70. The molecule has 4 heteroatoms. The van der Waals surface area contributed by atoms with E-state index in [0.29, 0.717) is 6.42 Å². The number of methoxy groups -OCH3 is 1. The molecule has 0 saturated carbocycles. The van der Waals surface area contributed by atoms with Crippen LogP contribution >= 0.6 is 0 Å². The molecule has 4 nitrogen and oxygen atoms in total. The van der Waals surface area contributed by atoms with Crippen LogP contribution in [0.5, 0.6) is 0 Å². The number of ether oxygens (including phenoxy) is 1. The molecule has 0 radical (unpaired) electrons. The second-order valence-corrected chi connectivity index (χ2v) is 4.00. The lowest BCUT2D eigenvalue weighted by molar-refractivity contribution is -0.130. The molecular weight excluding hydrogens is 180 g/mol. The fourth-order valence-corrected chi connectivity index (χ4v) is 1.66. The van der Waals surface area contributed by atoms with Gasteiger partial charge in [0, 0.05) is 32.7 Å². The molecule has 1 rings (SSSR count). The van der Waals surface area contributed by atoms with Crippen LogP contribution in [0.25, 0.3) is 0 Å². The highest BCUT2D eigenvalue weighted by atomic mass is 16.5. The summed E-state index contributed by atoms with van der Waals surface area (Å²) >= 11 is 0. The van der Waals surface area contributed by atoms with E-state index in [9.17, 15) is 4.79 Å². The minimum Gasteiger partial charge on any atom is -0.380 e. The van der Waals surface area contributed by atoms with Crippen molar-refractivity contribution in [1.82, 2.24) is 4.90 Å². The molecule has 1 aliphatic rings. The van der Waals surface area contributed by atoms with Crippen molar-refractivity contribution in [3.63, 3.8) is 0 Å². The molecule has 2 unspecified atom stereocenters. The van der Waals surface area contributed by atoms with E-state index in [1.54, 1.807) is 7.11 Å². The first kappa shape index (κ1) is 11.5. The van der Waals surface area contributed by atoms with Gasteiger partial charge in [-0.3, -0.25) is 4.79 Å². The number of rotatable bonds is 4. The van der Waals surface area contributed by atoms with Crippen molar-refractivity contribution < 1.29 is 9.53 Å². The van der Waals surface area contributed by atoms with Crippen molar-refractivity contribution in [1.29, 1.82) is 0 Å². The summed E-state index contributed by atoms with van der Waals surface area (Å²) < 4.78 is 5.20. The van der Waals surface area contributed by atoms with Gasteiger partial charge in [0.25, 0.3) is 0 Å². The van der Waals surface area contributed by atoms with Gasteiger partial charge in [0.15, 0.2) is 0 Å². The molecule has 0 spiro atoms. The minimum absolute atomic E-state index is 0.111. The Balaban J connectivity index is 2.25. The fraction of sp³-hybridized carbons (Fsp3) is 0.900. The van der Waals surface area contributed by atoms with Crippen LogP contribution in [0.3, 0.4) is 0 Å². The van der Waals surface area contributed by atoms with Gasteiger partial charge in [0.2, 0.25) is 5.91 Å². The van der Waals surface area contributed by atoms with Gasteiger partial charge in [-0.05, 0) is 19.8 Å². The van der Waals surface area contributed by atoms with E-state index < -0.39 is 0 Å². The van der Waals surface area contributed by atoms with Crippen LogP contribution < -0.4 is 5.73 Å². The minimum atomic E-state index is 0.111. The van der Waals surface area contributed by atoms with Gasteiger partial charge in [0.05, 0.1) is 6.10 Å². The van der Waals surface area contributed by atoms with Crippen LogP contribution in [-0.4, -0.2) is 43.2 Å². The summed E-state index contributed by atoms with van der Waals surface area (Å²) in [4.78, 5) is 13.5. The third-order valence-electron chi connectivity index (χ3n) is 2.64. The SMILES string of the molecule is COC1CCN(C(=O)CCC(C)N)C1. The standard InChI is InChI=1S/C10H20N2O2/c1-8(11)3-4-10(13)12-6-5-9(7-12)14-2/h8-9H,3-7,11H2,1-2H3. The average Bonchev–Trinajstić information content (AvgIpc) is 2.62. The highest BCUT2D eigenvalue weighted by Crippen LogP contribution is 2.13. The second-order valence-electron chi connectivity index (χ2n) is 4.00. The summed E-state index contributed by atoms with van der Waals surface area (Å²) in [5.41, 5.74) is 5.60. The lowest BCUT2D eigenvalue weighted by atomic mass is 10.2. The topological polar surface area (TPSA) is 55.6 Å². The van der Waals surface area contributed by atoms with Crippen molar-refractivity contribution in [2.75, 3.05) is 20.2 Å². The Kier molecular flexibility index (Phi) is 4.35. The van der Waals surface area contributed by atoms with E-state index in [1.165, 1.54) is 0 Å². The van der Waals surface area contributed by atoms with Gasteiger partial charge in [-0.1, -0.05) is 0 Å². The molecule has 2 atom stereocenters. The third-order valence-corrected chi connectivity index (χ3v) is 2.64. The Bertz CT molecular complexity index is 195. The molecule has 0 aromatic heterocycles. The largest absolute Gasteiger partial charge is 0.380 e. The Hall–Kier alpha value is -0.610. The highest BCUT2D eigenvalue weighted by Gasteiger charge is 2.25. The molecule has 1 saturated heterocycles. The number of hydrogen-bond donors (Lipinski definition) is 1. The number of carbonyl (C=O) groups excluding carboxylic acids is 1. The molecule has 2 N–H and O–H groups in total. The first-order chi connectivity index (χ1) is 6.63. The van der Waals surface area contributed by atoms with E-state index in [-0.39, 0.29) is 18.1 Å². The van der Waals surface area contributed by atoms with Gasteiger partial charge >= 0.3 is 0 Å². The lowest BCUT2D eigenvalue weighted by Crippen LogP contribution is -2.31. The van der Waals surface area contributed by atoms with Crippen LogP contribution in [0.15, 0.2) is 0 Å². The highest BCUT2D eigenvalue weighted by molar-refractivity contribution is 5.76. The maximum absolute atomic E-state index is 11.6. The van der Waals surface area contributed by atoms with Crippen LogP contribution in [-0.2, 0) is 9.53 Å².